The highest BCUT2D eigenvalue weighted by atomic mass is 16.5. The van der Waals surface area contributed by atoms with Crippen molar-refractivity contribution >= 4 is 5.97 Å². The van der Waals surface area contributed by atoms with Crippen LogP contribution in [0.25, 0.3) is 0 Å². The van der Waals surface area contributed by atoms with Crippen molar-refractivity contribution in [2.75, 3.05) is 13.7 Å². The molecule has 0 fully saturated rings. The molecule has 0 aromatic carbocycles. The number of hydrogen-bond donors (Lipinski definition) is 1. The van der Waals surface area contributed by atoms with Gasteiger partial charge in [-0.05, 0) is 26.0 Å². The normalized spacial score (nSPS) is 11.4. The molecule has 1 N–H and O–H groups in total. The maximum absolute atomic E-state index is 11.1. The molecule has 0 aliphatic heterocycles. The van der Waals surface area contributed by atoms with Gasteiger partial charge in [0, 0.05) is 24.4 Å². The Balaban J connectivity index is 2.36. The molecular formula is C13H18N2O2. The second kappa shape index (κ2) is 6.81. The van der Waals surface area contributed by atoms with E-state index in [1.807, 2.05) is 31.2 Å². The maximum Gasteiger partial charge on any atom is 0.333 e. The summed E-state index contributed by atoms with van der Waals surface area (Å²) in [6.45, 7) is 5.01. The van der Waals surface area contributed by atoms with Gasteiger partial charge in [0.2, 0.25) is 0 Å². The molecule has 92 valence electrons. The van der Waals surface area contributed by atoms with Crippen molar-refractivity contribution in [1.82, 2.24) is 10.3 Å². The fraction of sp³-hybridized carbons (Fsp3) is 0.385. The van der Waals surface area contributed by atoms with Crippen LogP contribution in [0.1, 0.15) is 18.3 Å². The summed E-state index contributed by atoms with van der Waals surface area (Å²) in [5.74, 6) is -0.291. The third-order valence-electron chi connectivity index (χ3n) is 2.31. The first-order chi connectivity index (χ1) is 8.13. The average molecular weight is 234 g/mol. The smallest absolute Gasteiger partial charge is 0.333 e. The molecule has 4 nitrogen and oxygen atoms in total. The van der Waals surface area contributed by atoms with E-state index in [1.165, 1.54) is 7.11 Å². The predicted molar refractivity (Wildman–Crippen MR) is 66.5 cm³/mol. The van der Waals surface area contributed by atoms with Gasteiger partial charge in [0.1, 0.15) is 0 Å². The number of rotatable bonds is 5. The molecule has 0 aliphatic carbocycles. The van der Waals surface area contributed by atoms with Gasteiger partial charge >= 0.3 is 5.97 Å². The van der Waals surface area contributed by atoms with Crippen LogP contribution in [0.2, 0.25) is 0 Å². The van der Waals surface area contributed by atoms with E-state index in [2.05, 4.69) is 15.0 Å². The summed E-state index contributed by atoms with van der Waals surface area (Å²) in [6, 6.07) is 5.91. The molecule has 0 bridgehead atoms. The SMILES string of the molecule is COC(=O)/C(C)=C/CNCc1cccc(C)n1. The van der Waals surface area contributed by atoms with Crippen LogP contribution in [0, 0.1) is 6.92 Å². The zero-order valence-electron chi connectivity index (χ0n) is 10.5. The van der Waals surface area contributed by atoms with Crippen molar-refractivity contribution in [2.24, 2.45) is 0 Å². The third-order valence-corrected chi connectivity index (χ3v) is 2.31. The number of esters is 1. The Morgan fingerprint density at radius 3 is 2.94 bits per heavy atom. The number of hydrogen-bond acceptors (Lipinski definition) is 4. The molecule has 1 rings (SSSR count). The minimum atomic E-state index is -0.291. The van der Waals surface area contributed by atoms with Gasteiger partial charge in [0.05, 0.1) is 12.8 Å². The van der Waals surface area contributed by atoms with Crippen molar-refractivity contribution in [3.05, 3.63) is 41.2 Å². The van der Waals surface area contributed by atoms with Crippen LogP contribution in [0.3, 0.4) is 0 Å². The highest BCUT2D eigenvalue weighted by molar-refractivity contribution is 5.87. The van der Waals surface area contributed by atoms with E-state index < -0.39 is 0 Å². The monoisotopic (exact) mass is 234 g/mol. The number of pyridine rings is 1. The summed E-state index contributed by atoms with van der Waals surface area (Å²) >= 11 is 0. The average Bonchev–Trinajstić information content (AvgIpc) is 2.33. The molecular weight excluding hydrogens is 216 g/mol. The van der Waals surface area contributed by atoms with Gasteiger partial charge in [-0.3, -0.25) is 4.98 Å². The lowest BCUT2D eigenvalue weighted by molar-refractivity contribution is -0.136. The number of nitrogens with zero attached hydrogens (tertiary/aromatic N) is 1. The first-order valence-corrected chi connectivity index (χ1v) is 5.52. The fourth-order valence-corrected chi connectivity index (χ4v) is 1.37. The molecule has 0 saturated carbocycles. The van der Waals surface area contributed by atoms with Crippen LogP contribution in [0.4, 0.5) is 0 Å². The summed E-state index contributed by atoms with van der Waals surface area (Å²) in [7, 11) is 1.38. The van der Waals surface area contributed by atoms with E-state index in [4.69, 9.17) is 0 Å². The van der Waals surface area contributed by atoms with Gasteiger partial charge in [0.15, 0.2) is 0 Å². The molecule has 17 heavy (non-hydrogen) atoms. The molecule has 0 amide bonds. The summed E-state index contributed by atoms with van der Waals surface area (Å²) in [6.07, 6.45) is 1.81. The van der Waals surface area contributed by atoms with Gasteiger partial charge in [-0.25, -0.2) is 4.79 Å². The lowest BCUT2D eigenvalue weighted by Crippen LogP contribution is -2.15. The van der Waals surface area contributed by atoms with E-state index >= 15 is 0 Å². The lowest BCUT2D eigenvalue weighted by Gasteiger charge is -2.03. The molecule has 4 heteroatoms. The minimum absolute atomic E-state index is 0.291. The number of methoxy groups -OCH3 is 1. The molecule has 1 aromatic heterocycles. The Kier molecular flexibility index (Phi) is 5.36. The number of aryl methyl sites for hydroxylation is 1. The van der Waals surface area contributed by atoms with Crippen LogP contribution >= 0.6 is 0 Å². The van der Waals surface area contributed by atoms with Crippen LogP contribution in [0.5, 0.6) is 0 Å². The van der Waals surface area contributed by atoms with E-state index in [1.54, 1.807) is 6.92 Å². The highest BCUT2D eigenvalue weighted by Crippen LogP contribution is 1.98. The van der Waals surface area contributed by atoms with Gasteiger partial charge < -0.3 is 10.1 Å². The molecule has 0 aliphatic rings. The van der Waals surface area contributed by atoms with Gasteiger partial charge in [-0.15, -0.1) is 0 Å². The van der Waals surface area contributed by atoms with E-state index in [0.29, 0.717) is 18.7 Å². The van der Waals surface area contributed by atoms with Gasteiger partial charge in [0.25, 0.3) is 0 Å². The second-order valence-corrected chi connectivity index (χ2v) is 3.78. The van der Waals surface area contributed by atoms with Crippen molar-refractivity contribution in [3.8, 4) is 0 Å². The molecule has 0 spiro atoms. The first kappa shape index (κ1) is 13.4. The van der Waals surface area contributed by atoms with Crippen LogP contribution in [-0.4, -0.2) is 24.6 Å². The Bertz CT molecular complexity index is 414. The maximum atomic E-state index is 11.1. The van der Waals surface area contributed by atoms with E-state index in [-0.39, 0.29) is 5.97 Å². The molecule has 1 aromatic rings. The molecule has 0 atom stereocenters. The van der Waals surface area contributed by atoms with E-state index in [0.717, 1.165) is 11.4 Å². The molecule has 1 heterocycles. The Hall–Kier alpha value is -1.68. The quantitative estimate of drug-likeness (QED) is 0.477. The fourth-order valence-electron chi connectivity index (χ4n) is 1.37. The lowest BCUT2D eigenvalue weighted by atomic mass is 10.3. The summed E-state index contributed by atoms with van der Waals surface area (Å²) in [5, 5.41) is 3.19. The largest absolute Gasteiger partial charge is 0.466 e. The Morgan fingerprint density at radius 1 is 1.53 bits per heavy atom. The molecule has 0 unspecified atom stereocenters. The summed E-state index contributed by atoms with van der Waals surface area (Å²) < 4.78 is 4.60. The number of ether oxygens (including phenoxy) is 1. The zero-order valence-corrected chi connectivity index (χ0v) is 10.5. The third kappa shape index (κ3) is 4.78. The van der Waals surface area contributed by atoms with Gasteiger partial charge in [-0.1, -0.05) is 12.1 Å². The Labute approximate surface area is 102 Å². The number of carbonyl (C=O) groups excluding carboxylic acids is 1. The minimum Gasteiger partial charge on any atom is -0.466 e. The second-order valence-electron chi connectivity index (χ2n) is 3.78. The molecule has 0 radical (unpaired) electrons. The highest BCUT2D eigenvalue weighted by Gasteiger charge is 2.01. The van der Waals surface area contributed by atoms with Crippen molar-refractivity contribution in [1.29, 1.82) is 0 Å². The molecule has 0 saturated heterocycles. The summed E-state index contributed by atoms with van der Waals surface area (Å²) in [5.41, 5.74) is 2.61. The van der Waals surface area contributed by atoms with Crippen LogP contribution < -0.4 is 5.32 Å². The number of nitrogens with one attached hydrogen (secondary N) is 1. The number of carbonyl (C=O) groups is 1. The topological polar surface area (TPSA) is 51.2 Å². The standard InChI is InChI=1S/C13H18N2O2/c1-10(13(16)17-3)7-8-14-9-12-6-4-5-11(2)15-12/h4-7,14H,8-9H2,1-3H3/b10-7+. The van der Waals surface area contributed by atoms with Crippen LogP contribution in [0.15, 0.2) is 29.8 Å². The zero-order chi connectivity index (χ0) is 12.7. The Morgan fingerprint density at radius 2 is 2.29 bits per heavy atom. The first-order valence-electron chi connectivity index (χ1n) is 5.52. The van der Waals surface area contributed by atoms with E-state index in [9.17, 15) is 4.79 Å². The number of aromatic nitrogens is 1. The predicted octanol–water partition coefficient (Wildman–Crippen LogP) is 1.60. The van der Waals surface area contributed by atoms with Crippen molar-refractivity contribution in [3.63, 3.8) is 0 Å². The van der Waals surface area contributed by atoms with Crippen molar-refractivity contribution < 1.29 is 9.53 Å². The van der Waals surface area contributed by atoms with Crippen molar-refractivity contribution in [2.45, 2.75) is 20.4 Å². The van der Waals surface area contributed by atoms with Crippen LogP contribution in [-0.2, 0) is 16.1 Å². The summed E-state index contributed by atoms with van der Waals surface area (Å²) in [4.78, 5) is 15.5. The van der Waals surface area contributed by atoms with Gasteiger partial charge in [-0.2, -0.15) is 0 Å².